The first-order valence-corrected chi connectivity index (χ1v) is 5.98. The van der Waals surface area contributed by atoms with E-state index in [9.17, 15) is 5.11 Å². The van der Waals surface area contributed by atoms with Gasteiger partial charge in [-0.3, -0.25) is 0 Å². The van der Waals surface area contributed by atoms with E-state index >= 15 is 0 Å². The van der Waals surface area contributed by atoms with E-state index in [0.717, 1.165) is 26.1 Å². The molecule has 3 heteroatoms. The van der Waals surface area contributed by atoms with E-state index in [-0.39, 0.29) is 0 Å². The van der Waals surface area contributed by atoms with Crippen molar-refractivity contribution < 1.29 is 5.11 Å². The second-order valence-corrected chi connectivity index (χ2v) is 4.37. The van der Waals surface area contributed by atoms with Crippen LogP contribution in [0.1, 0.15) is 24.8 Å². The van der Waals surface area contributed by atoms with Crippen LogP contribution < -0.4 is 10.2 Å². The summed E-state index contributed by atoms with van der Waals surface area (Å²) in [5.41, 5.74) is 2.60. The van der Waals surface area contributed by atoms with Crippen LogP contribution >= 0.6 is 0 Å². The topological polar surface area (TPSA) is 35.5 Å². The Hall–Kier alpha value is -1.22. The molecule has 1 aliphatic heterocycles. The Morgan fingerprint density at radius 1 is 1.50 bits per heavy atom. The first-order valence-electron chi connectivity index (χ1n) is 5.98. The van der Waals surface area contributed by atoms with Crippen molar-refractivity contribution in [2.24, 2.45) is 0 Å². The summed E-state index contributed by atoms with van der Waals surface area (Å²) in [5.74, 6) is 0.931. The van der Waals surface area contributed by atoms with Crippen LogP contribution in [0.15, 0.2) is 18.2 Å². The van der Waals surface area contributed by atoms with Gasteiger partial charge in [0.1, 0.15) is 5.75 Å². The standard InChI is InChI=1S/C13H20N2O/c1-3-15-9-10(6-7-14-2)12-8-11(16)4-5-13(12)15/h4-5,8,10,14,16H,3,6-7,9H2,1-2H3. The minimum Gasteiger partial charge on any atom is -0.508 e. The van der Waals surface area contributed by atoms with Crippen LogP contribution in [0.4, 0.5) is 5.69 Å². The lowest BCUT2D eigenvalue weighted by Crippen LogP contribution is -2.22. The van der Waals surface area contributed by atoms with E-state index in [1.807, 2.05) is 19.2 Å². The lowest BCUT2D eigenvalue weighted by Gasteiger charge is -2.17. The van der Waals surface area contributed by atoms with Gasteiger partial charge in [-0.2, -0.15) is 0 Å². The number of rotatable bonds is 4. The van der Waals surface area contributed by atoms with Gasteiger partial charge in [-0.1, -0.05) is 0 Å². The quantitative estimate of drug-likeness (QED) is 0.814. The second-order valence-electron chi connectivity index (χ2n) is 4.37. The Morgan fingerprint density at radius 2 is 2.31 bits per heavy atom. The highest BCUT2D eigenvalue weighted by Gasteiger charge is 2.27. The molecule has 1 atom stereocenters. The van der Waals surface area contributed by atoms with Gasteiger partial charge in [0.25, 0.3) is 0 Å². The molecule has 88 valence electrons. The van der Waals surface area contributed by atoms with E-state index < -0.39 is 0 Å². The van der Waals surface area contributed by atoms with Crippen LogP contribution in [-0.4, -0.2) is 31.8 Å². The third-order valence-corrected chi connectivity index (χ3v) is 3.36. The van der Waals surface area contributed by atoms with Crippen molar-refractivity contribution in [3.05, 3.63) is 23.8 Å². The van der Waals surface area contributed by atoms with Gasteiger partial charge in [-0.05, 0) is 50.7 Å². The molecule has 1 aromatic rings. The highest BCUT2D eigenvalue weighted by atomic mass is 16.3. The van der Waals surface area contributed by atoms with Crippen molar-refractivity contribution in [2.75, 3.05) is 31.6 Å². The van der Waals surface area contributed by atoms with Gasteiger partial charge in [0.15, 0.2) is 0 Å². The first kappa shape index (κ1) is 11.3. The molecule has 0 bridgehead atoms. The zero-order chi connectivity index (χ0) is 11.5. The predicted molar refractivity (Wildman–Crippen MR) is 67.3 cm³/mol. The fourth-order valence-electron chi connectivity index (χ4n) is 2.48. The maximum absolute atomic E-state index is 9.56. The minimum absolute atomic E-state index is 0.381. The van der Waals surface area contributed by atoms with Crippen LogP contribution in [0.25, 0.3) is 0 Å². The average Bonchev–Trinajstić information content (AvgIpc) is 2.64. The van der Waals surface area contributed by atoms with Crippen molar-refractivity contribution in [1.29, 1.82) is 0 Å². The maximum atomic E-state index is 9.56. The molecule has 0 saturated carbocycles. The number of nitrogens with one attached hydrogen (secondary N) is 1. The predicted octanol–water partition coefficient (Wildman–Crippen LogP) is 1.93. The van der Waals surface area contributed by atoms with Crippen molar-refractivity contribution in [2.45, 2.75) is 19.3 Å². The Balaban J connectivity index is 2.24. The van der Waals surface area contributed by atoms with E-state index in [4.69, 9.17) is 0 Å². The number of aromatic hydroxyl groups is 1. The van der Waals surface area contributed by atoms with Gasteiger partial charge in [-0.15, -0.1) is 0 Å². The Bertz CT molecular complexity index is 365. The lowest BCUT2D eigenvalue weighted by atomic mass is 9.98. The van der Waals surface area contributed by atoms with Crippen LogP contribution in [0, 0.1) is 0 Å². The summed E-state index contributed by atoms with van der Waals surface area (Å²) in [6.07, 6.45) is 1.13. The molecular formula is C13H20N2O. The van der Waals surface area contributed by atoms with E-state index in [2.05, 4.69) is 17.1 Å². The molecule has 0 spiro atoms. The van der Waals surface area contributed by atoms with Crippen molar-refractivity contribution >= 4 is 5.69 Å². The van der Waals surface area contributed by atoms with Crippen LogP contribution in [0.5, 0.6) is 5.75 Å². The fourth-order valence-corrected chi connectivity index (χ4v) is 2.48. The molecule has 0 aromatic heterocycles. The van der Waals surface area contributed by atoms with Crippen LogP contribution in [-0.2, 0) is 0 Å². The molecule has 0 saturated heterocycles. The van der Waals surface area contributed by atoms with Gasteiger partial charge in [0, 0.05) is 24.7 Å². The smallest absolute Gasteiger partial charge is 0.116 e. The highest BCUT2D eigenvalue weighted by Crippen LogP contribution is 2.39. The molecule has 16 heavy (non-hydrogen) atoms. The summed E-state index contributed by atoms with van der Waals surface area (Å²) in [6, 6.07) is 5.74. The Kier molecular flexibility index (Phi) is 3.34. The molecular weight excluding hydrogens is 200 g/mol. The molecule has 2 rings (SSSR count). The normalized spacial score (nSPS) is 18.9. The van der Waals surface area contributed by atoms with Gasteiger partial charge in [0.05, 0.1) is 0 Å². The SMILES string of the molecule is CCN1CC(CCNC)c2cc(O)ccc21. The zero-order valence-electron chi connectivity index (χ0n) is 10.0. The molecule has 0 amide bonds. The Morgan fingerprint density at radius 3 is 3.00 bits per heavy atom. The molecule has 1 unspecified atom stereocenters. The van der Waals surface area contributed by atoms with Crippen LogP contribution in [0.2, 0.25) is 0 Å². The first-order chi connectivity index (χ1) is 7.76. The lowest BCUT2D eigenvalue weighted by molar-refractivity contribution is 0.474. The van der Waals surface area contributed by atoms with Crippen molar-refractivity contribution in [1.82, 2.24) is 5.32 Å². The third-order valence-electron chi connectivity index (χ3n) is 3.36. The van der Waals surface area contributed by atoms with Crippen LogP contribution in [0.3, 0.4) is 0 Å². The number of hydrogen-bond acceptors (Lipinski definition) is 3. The summed E-state index contributed by atoms with van der Waals surface area (Å²) in [7, 11) is 1.98. The highest BCUT2D eigenvalue weighted by molar-refractivity contribution is 5.62. The molecule has 0 aliphatic carbocycles. The van der Waals surface area contributed by atoms with E-state index in [1.165, 1.54) is 11.3 Å². The minimum atomic E-state index is 0.381. The number of benzene rings is 1. The molecule has 0 fully saturated rings. The summed E-state index contributed by atoms with van der Waals surface area (Å²) < 4.78 is 0. The summed E-state index contributed by atoms with van der Waals surface area (Å²) in [6.45, 7) is 5.32. The van der Waals surface area contributed by atoms with Crippen molar-refractivity contribution in [3.8, 4) is 5.75 Å². The summed E-state index contributed by atoms with van der Waals surface area (Å²) in [4.78, 5) is 2.38. The number of fused-ring (bicyclic) bond motifs is 1. The zero-order valence-corrected chi connectivity index (χ0v) is 10.0. The monoisotopic (exact) mass is 220 g/mol. The van der Waals surface area contributed by atoms with Crippen molar-refractivity contribution in [3.63, 3.8) is 0 Å². The summed E-state index contributed by atoms with van der Waals surface area (Å²) >= 11 is 0. The number of nitrogens with zero attached hydrogens (tertiary/aromatic N) is 1. The second kappa shape index (κ2) is 4.74. The third kappa shape index (κ3) is 2.00. The molecule has 1 aromatic carbocycles. The molecule has 1 aliphatic rings. The van der Waals surface area contributed by atoms with Gasteiger partial charge in [-0.25, -0.2) is 0 Å². The Labute approximate surface area is 97.1 Å². The molecule has 0 radical (unpaired) electrons. The van der Waals surface area contributed by atoms with Gasteiger partial charge < -0.3 is 15.3 Å². The fraction of sp³-hybridized carbons (Fsp3) is 0.538. The van der Waals surface area contributed by atoms with E-state index in [0.29, 0.717) is 11.7 Å². The summed E-state index contributed by atoms with van der Waals surface area (Å²) in [5, 5.41) is 12.8. The molecule has 3 nitrogen and oxygen atoms in total. The number of phenolic OH excluding ortho intramolecular Hbond substituents is 1. The molecule has 1 heterocycles. The number of anilines is 1. The number of phenols is 1. The number of hydrogen-bond donors (Lipinski definition) is 2. The maximum Gasteiger partial charge on any atom is 0.116 e. The largest absolute Gasteiger partial charge is 0.508 e. The molecule has 2 N–H and O–H groups in total. The van der Waals surface area contributed by atoms with Gasteiger partial charge in [0.2, 0.25) is 0 Å². The van der Waals surface area contributed by atoms with Gasteiger partial charge >= 0.3 is 0 Å². The average molecular weight is 220 g/mol. The van der Waals surface area contributed by atoms with E-state index in [1.54, 1.807) is 6.07 Å². The number of likely N-dealkylation sites (N-methyl/N-ethyl adjacent to an activating group) is 1.